The topological polar surface area (TPSA) is 39.2 Å². The third-order valence-corrected chi connectivity index (χ3v) is 2.37. The highest BCUT2D eigenvalue weighted by atomic mass is 32.1. The van der Waals surface area contributed by atoms with E-state index in [2.05, 4.69) is 9.72 Å². The number of hydrogen-bond acceptors (Lipinski definition) is 4. The number of esters is 1. The highest BCUT2D eigenvalue weighted by molar-refractivity contribution is 7.12. The highest BCUT2D eigenvalue weighted by Gasteiger charge is 2.03. The Kier molecular flexibility index (Phi) is 3.19. The average molecular weight is 197 g/mol. The van der Waals surface area contributed by atoms with Gasteiger partial charge in [0.15, 0.2) is 0 Å². The van der Waals surface area contributed by atoms with Crippen LogP contribution in [-0.4, -0.2) is 18.1 Å². The van der Waals surface area contributed by atoms with Crippen molar-refractivity contribution in [2.75, 3.05) is 7.11 Å². The van der Waals surface area contributed by atoms with Crippen LogP contribution in [0.25, 0.3) is 6.08 Å². The molecule has 4 heteroatoms. The van der Waals surface area contributed by atoms with E-state index >= 15 is 0 Å². The molecular weight excluding hydrogens is 186 g/mol. The van der Waals surface area contributed by atoms with Crippen molar-refractivity contribution >= 4 is 23.4 Å². The van der Waals surface area contributed by atoms with Gasteiger partial charge in [-0.25, -0.2) is 9.78 Å². The SMILES string of the molecule is COC(=O)/C(C)=C/c1cnc(C)s1. The van der Waals surface area contributed by atoms with Crippen LogP contribution in [0.1, 0.15) is 16.8 Å². The third kappa shape index (κ3) is 2.66. The van der Waals surface area contributed by atoms with Gasteiger partial charge in [-0.3, -0.25) is 0 Å². The molecule has 1 rings (SSSR count). The number of rotatable bonds is 2. The summed E-state index contributed by atoms with van der Waals surface area (Å²) in [4.78, 5) is 16.1. The summed E-state index contributed by atoms with van der Waals surface area (Å²) in [7, 11) is 1.37. The first-order chi connectivity index (χ1) is 6.13. The zero-order valence-corrected chi connectivity index (χ0v) is 8.64. The third-order valence-electron chi connectivity index (χ3n) is 1.51. The van der Waals surface area contributed by atoms with E-state index in [1.807, 2.05) is 6.92 Å². The van der Waals surface area contributed by atoms with Gasteiger partial charge >= 0.3 is 5.97 Å². The largest absolute Gasteiger partial charge is 0.466 e. The molecule has 0 saturated heterocycles. The Hall–Kier alpha value is -1.16. The standard InChI is InChI=1S/C9H11NO2S/c1-6(9(11)12-3)4-8-5-10-7(2)13-8/h4-5H,1-3H3/b6-4+. The second kappa shape index (κ2) is 4.18. The lowest BCUT2D eigenvalue weighted by Crippen LogP contribution is -2.00. The van der Waals surface area contributed by atoms with Crippen LogP contribution >= 0.6 is 11.3 Å². The summed E-state index contributed by atoms with van der Waals surface area (Å²) >= 11 is 1.55. The van der Waals surface area contributed by atoms with Crippen molar-refractivity contribution in [3.63, 3.8) is 0 Å². The Labute approximate surface area is 81.1 Å². The van der Waals surface area contributed by atoms with E-state index < -0.39 is 0 Å². The van der Waals surface area contributed by atoms with Gasteiger partial charge in [-0.05, 0) is 19.9 Å². The van der Waals surface area contributed by atoms with Crippen molar-refractivity contribution in [3.05, 3.63) is 21.7 Å². The quantitative estimate of drug-likeness (QED) is 0.538. The predicted octanol–water partition coefficient (Wildman–Crippen LogP) is 2.03. The minimum Gasteiger partial charge on any atom is -0.466 e. The Morgan fingerprint density at radius 2 is 2.38 bits per heavy atom. The van der Waals surface area contributed by atoms with Gasteiger partial charge in [-0.1, -0.05) is 0 Å². The first-order valence-corrected chi connectivity index (χ1v) is 4.64. The Morgan fingerprint density at radius 3 is 2.85 bits per heavy atom. The maximum atomic E-state index is 11.0. The minimum absolute atomic E-state index is 0.300. The molecule has 0 bridgehead atoms. The van der Waals surface area contributed by atoms with Crippen LogP contribution < -0.4 is 0 Å². The van der Waals surface area contributed by atoms with E-state index in [-0.39, 0.29) is 5.97 Å². The zero-order chi connectivity index (χ0) is 9.84. The van der Waals surface area contributed by atoms with Gasteiger partial charge in [-0.2, -0.15) is 0 Å². The molecule has 0 N–H and O–H groups in total. The molecule has 0 spiro atoms. The van der Waals surface area contributed by atoms with E-state index in [0.717, 1.165) is 9.88 Å². The van der Waals surface area contributed by atoms with Crippen molar-refractivity contribution in [3.8, 4) is 0 Å². The Morgan fingerprint density at radius 1 is 1.69 bits per heavy atom. The van der Waals surface area contributed by atoms with Crippen molar-refractivity contribution in [1.82, 2.24) is 4.98 Å². The molecule has 1 heterocycles. The van der Waals surface area contributed by atoms with Gasteiger partial charge in [0.25, 0.3) is 0 Å². The first-order valence-electron chi connectivity index (χ1n) is 3.82. The fraction of sp³-hybridized carbons (Fsp3) is 0.333. The van der Waals surface area contributed by atoms with Crippen molar-refractivity contribution < 1.29 is 9.53 Å². The van der Waals surface area contributed by atoms with Gasteiger partial charge in [0.2, 0.25) is 0 Å². The molecular formula is C9H11NO2S. The molecule has 70 valence electrons. The molecule has 0 amide bonds. The smallest absolute Gasteiger partial charge is 0.333 e. The second-order valence-electron chi connectivity index (χ2n) is 2.60. The summed E-state index contributed by atoms with van der Waals surface area (Å²) in [6.07, 6.45) is 3.52. The molecule has 3 nitrogen and oxygen atoms in total. The van der Waals surface area contributed by atoms with Gasteiger partial charge in [0, 0.05) is 16.6 Å². The van der Waals surface area contributed by atoms with E-state index in [1.54, 1.807) is 30.5 Å². The molecule has 0 aliphatic carbocycles. The van der Waals surface area contributed by atoms with Gasteiger partial charge in [0.05, 0.1) is 12.1 Å². The number of thiazole rings is 1. The summed E-state index contributed by atoms with van der Waals surface area (Å²) in [6, 6.07) is 0. The number of methoxy groups -OCH3 is 1. The molecule has 0 unspecified atom stereocenters. The molecule has 0 aliphatic rings. The number of aryl methyl sites for hydroxylation is 1. The number of aromatic nitrogens is 1. The van der Waals surface area contributed by atoms with Crippen LogP contribution in [0.3, 0.4) is 0 Å². The number of hydrogen-bond donors (Lipinski definition) is 0. The predicted molar refractivity (Wildman–Crippen MR) is 52.5 cm³/mol. The van der Waals surface area contributed by atoms with Crippen LogP contribution in [-0.2, 0) is 9.53 Å². The number of carbonyl (C=O) groups excluding carboxylic acids is 1. The van der Waals surface area contributed by atoms with Crippen LogP contribution in [0.4, 0.5) is 0 Å². The summed E-state index contributed by atoms with van der Waals surface area (Å²) in [5.41, 5.74) is 0.589. The zero-order valence-electron chi connectivity index (χ0n) is 7.83. The first kappa shape index (κ1) is 9.92. The lowest BCUT2D eigenvalue weighted by molar-refractivity contribution is -0.135. The van der Waals surface area contributed by atoms with E-state index in [1.165, 1.54) is 7.11 Å². The van der Waals surface area contributed by atoms with Crippen LogP contribution in [0.15, 0.2) is 11.8 Å². The summed E-state index contributed by atoms with van der Waals surface area (Å²) in [5, 5.41) is 0.990. The summed E-state index contributed by atoms with van der Waals surface area (Å²) < 4.78 is 4.57. The Bertz CT molecular complexity index is 341. The van der Waals surface area contributed by atoms with Gasteiger partial charge < -0.3 is 4.74 Å². The lowest BCUT2D eigenvalue weighted by atomic mass is 10.3. The maximum absolute atomic E-state index is 11.0. The van der Waals surface area contributed by atoms with Crippen LogP contribution in [0, 0.1) is 6.92 Å². The minimum atomic E-state index is -0.300. The number of nitrogens with zero attached hydrogens (tertiary/aromatic N) is 1. The molecule has 0 atom stereocenters. The fourth-order valence-electron chi connectivity index (χ4n) is 0.878. The molecule has 13 heavy (non-hydrogen) atoms. The van der Waals surface area contributed by atoms with Crippen molar-refractivity contribution in [2.24, 2.45) is 0 Å². The molecule has 0 saturated carbocycles. The molecule has 0 fully saturated rings. The second-order valence-corrected chi connectivity index (χ2v) is 3.87. The lowest BCUT2D eigenvalue weighted by Gasteiger charge is -1.95. The number of ether oxygens (including phenoxy) is 1. The number of carbonyl (C=O) groups is 1. The highest BCUT2D eigenvalue weighted by Crippen LogP contribution is 2.15. The molecule has 1 aromatic rings. The maximum Gasteiger partial charge on any atom is 0.333 e. The van der Waals surface area contributed by atoms with Gasteiger partial charge in [0.1, 0.15) is 0 Å². The fourth-order valence-corrected chi connectivity index (χ4v) is 1.67. The molecule has 0 aliphatic heterocycles. The normalized spacial score (nSPS) is 11.5. The molecule has 1 aromatic heterocycles. The van der Waals surface area contributed by atoms with Crippen molar-refractivity contribution in [2.45, 2.75) is 13.8 Å². The monoisotopic (exact) mass is 197 g/mol. The molecule has 0 aromatic carbocycles. The van der Waals surface area contributed by atoms with Crippen LogP contribution in [0.2, 0.25) is 0 Å². The average Bonchev–Trinajstić information content (AvgIpc) is 2.49. The van der Waals surface area contributed by atoms with Crippen molar-refractivity contribution in [1.29, 1.82) is 0 Å². The van der Waals surface area contributed by atoms with E-state index in [9.17, 15) is 4.79 Å². The molecule has 0 radical (unpaired) electrons. The van der Waals surface area contributed by atoms with Crippen LogP contribution in [0.5, 0.6) is 0 Å². The Balaban J connectivity index is 2.82. The van der Waals surface area contributed by atoms with Gasteiger partial charge in [-0.15, -0.1) is 11.3 Å². The van der Waals surface area contributed by atoms with E-state index in [0.29, 0.717) is 5.57 Å². The summed E-state index contributed by atoms with van der Waals surface area (Å²) in [5.74, 6) is -0.300. The van der Waals surface area contributed by atoms with E-state index in [4.69, 9.17) is 0 Å². The summed E-state index contributed by atoms with van der Waals surface area (Å²) in [6.45, 7) is 3.65.